The van der Waals surface area contributed by atoms with E-state index in [9.17, 15) is 4.79 Å². The number of hydrogen-bond acceptors (Lipinski definition) is 2. The summed E-state index contributed by atoms with van der Waals surface area (Å²) in [6, 6.07) is 14.0. The number of hydrogen-bond donors (Lipinski definition) is 0. The summed E-state index contributed by atoms with van der Waals surface area (Å²) in [6.45, 7) is 2.41. The lowest BCUT2D eigenvalue weighted by molar-refractivity contribution is 0.101. The Hall–Kier alpha value is -2.09. The van der Waals surface area contributed by atoms with Gasteiger partial charge in [0.05, 0.1) is 6.61 Å². The van der Waals surface area contributed by atoms with E-state index in [0.717, 1.165) is 41.9 Å². The van der Waals surface area contributed by atoms with Gasteiger partial charge in [0.15, 0.2) is 5.78 Å². The first-order valence-corrected chi connectivity index (χ1v) is 6.62. The maximum atomic E-state index is 11.7. The molecule has 1 heterocycles. The van der Waals surface area contributed by atoms with Crippen LogP contribution in [0.4, 0.5) is 0 Å². The fraction of sp³-hybridized carbons (Fsp3) is 0.235. The zero-order chi connectivity index (χ0) is 13.2. The molecule has 0 bridgehead atoms. The van der Waals surface area contributed by atoms with Gasteiger partial charge in [-0.3, -0.25) is 4.79 Å². The standard InChI is InChI=1S/C17H16O2/c1-12(18)15-6-2-3-7-16(15)13-8-9-17-14(11-13)5-4-10-19-17/h2-3,6-9,11H,4-5,10H2,1H3. The van der Waals surface area contributed by atoms with Crippen molar-refractivity contribution in [3.63, 3.8) is 0 Å². The van der Waals surface area contributed by atoms with E-state index in [1.54, 1.807) is 6.92 Å². The first-order chi connectivity index (χ1) is 9.25. The Balaban J connectivity index is 2.10. The molecule has 0 spiro atoms. The van der Waals surface area contributed by atoms with Crippen molar-refractivity contribution >= 4 is 5.78 Å². The van der Waals surface area contributed by atoms with Crippen molar-refractivity contribution in [2.45, 2.75) is 19.8 Å². The quantitative estimate of drug-likeness (QED) is 0.758. The second-order valence-corrected chi connectivity index (χ2v) is 4.88. The van der Waals surface area contributed by atoms with E-state index in [0.29, 0.717) is 0 Å². The van der Waals surface area contributed by atoms with Crippen molar-refractivity contribution in [2.75, 3.05) is 6.61 Å². The van der Waals surface area contributed by atoms with Crippen LogP contribution in [0.3, 0.4) is 0 Å². The largest absolute Gasteiger partial charge is 0.493 e. The van der Waals surface area contributed by atoms with Gasteiger partial charge in [-0.2, -0.15) is 0 Å². The third kappa shape index (κ3) is 2.26. The molecule has 0 fully saturated rings. The fourth-order valence-electron chi connectivity index (χ4n) is 2.57. The van der Waals surface area contributed by atoms with Gasteiger partial charge in [0.1, 0.15) is 5.75 Å². The Bertz CT molecular complexity index is 629. The zero-order valence-corrected chi connectivity index (χ0v) is 11.0. The average Bonchev–Trinajstić information content (AvgIpc) is 2.46. The lowest BCUT2D eigenvalue weighted by Gasteiger charge is -2.18. The SMILES string of the molecule is CC(=O)c1ccccc1-c1ccc2c(c1)CCCO2. The molecule has 0 amide bonds. The summed E-state index contributed by atoms with van der Waals surface area (Å²) in [6.07, 6.45) is 2.11. The first kappa shape index (κ1) is 12.0. The molecular weight excluding hydrogens is 236 g/mol. The normalized spacial score (nSPS) is 13.5. The number of ketones is 1. The summed E-state index contributed by atoms with van der Waals surface area (Å²) in [4.78, 5) is 11.7. The Kier molecular flexibility index (Phi) is 3.08. The minimum atomic E-state index is 0.101. The molecule has 0 aromatic heterocycles. The number of fused-ring (bicyclic) bond motifs is 1. The van der Waals surface area contributed by atoms with E-state index in [2.05, 4.69) is 6.07 Å². The molecule has 0 N–H and O–H groups in total. The van der Waals surface area contributed by atoms with E-state index >= 15 is 0 Å². The molecular formula is C17H16O2. The summed E-state index contributed by atoms with van der Waals surface area (Å²) < 4.78 is 5.63. The summed E-state index contributed by atoms with van der Waals surface area (Å²) in [5.41, 5.74) is 4.11. The maximum absolute atomic E-state index is 11.7. The van der Waals surface area contributed by atoms with E-state index in [1.807, 2.05) is 36.4 Å². The van der Waals surface area contributed by atoms with Gasteiger partial charge in [-0.15, -0.1) is 0 Å². The minimum Gasteiger partial charge on any atom is -0.493 e. The number of carbonyl (C=O) groups is 1. The Labute approximate surface area is 113 Å². The molecule has 3 rings (SSSR count). The Morgan fingerprint density at radius 1 is 1.16 bits per heavy atom. The van der Waals surface area contributed by atoms with Gasteiger partial charge >= 0.3 is 0 Å². The molecule has 0 unspecified atom stereocenters. The highest BCUT2D eigenvalue weighted by atomic mass is 16.5. The van der Waals surface area contributed by atoms with Crippen molar-refractivity contribution < 1.29 is 9.53 Å². The number of aryl methyl sites for hydroxylation is 1. The van der Waals surface area contributed by atoms with Crippen LogP contribution in [0.5, 0.6) is 5.75 Å². The Morgan fingerprint density at radius 3 is 2.84 bits per heavy atom. The van der Waals surface area contributed by atoms with E-state index < -0.39 is 0 Å². The average molecular weight is 252 g/mol. The van der Waals surface area contributed by atoms with Crippen molar-refractivity contribution in [2.24, 2.45) is 0 Å². The fourth-order valence-corrected chi connectivity index (χ4v) is 2.57. The highest BCUT2D eigenvalue weighted by Gasteiger charge is 2.13. The highest BCUT2D eigenvalue weighted by molar-refractivity contribution is 6.00. The maximum Gasteiger partial charge on any atom is 0.160 e. The van der Waals surface area contributed by atoms with Gasteiger partial charge in [-0.05, 0) is 48.6 Å². The Morgan fingerprint density at radius 2 is 2.00 bits per heavy atom. The molecule has 0 atom stereocenters. The lowest BCUT2D eigenvalue weighted by atomic mass is 9.94. The predicted molar refractivity (Wildman–Crippen MR) is 75.7 cm³/mol. The van der Waals surface area contributed by atoms with Crippen LogP contribution in [0.15, 0.2) is 42.5 Å². The molecule has 2 aromatic carbocycles. The molecule has 1 aliphatic heterocycles. The second-order valence-electron chi connectivity index (χ2n) is 4.88. The third-order valence-corrected chi connectivity index (χ3v) is 3.53. The van der Waals surface area contributed by atoms with Crippen LogP contribution < -0.4 is 4.74 Å². The molecule has 2 nitrogen and oxygen atoms in total. The number of rotatable bonds is 2. The molecule has 2 heteroatoms. The number of Topliss-reactive ketones (excluding diaryl/α,β-unsaturated/α-hetero) is 1. The van der Waals surface area contributed by atoms with E-state index in [-0.39, 0.29) is 5.78 Å². The third-order valence-electron chi connectivity index (χ3n) is 3.53. The molecule has 0 radical (unpaired) electrons. The summed E-state index contributed by atoms with van der Waals surface area (Å²) in [5.74, 6) is 1.08. The molecule has 0 saturated heterocycles. The molecule has 0 aliphatic carbocycles. The van der Waals surface area contributed by atoms with Crippen molar-refractivity contribution in [3.8, 4) is 16.9 Å². The molecule has 0 saturated carbocycles. The monoisotopic (exact) mass is 252 g/mol. The summed E-state index contributed by atoms with van der Waals surface area (Å²) >= 11 is 0. The predicted octanol–water partition coefficient (Wildman–Crippen LogP) is 3.88. The first-order valence-electron chi connectivity index (χ1n) is 6.62. The van der Waals surface area contributed by atoms with Crippen molar-refractivity contribution in [3.05, 3.63) is 53.6 Å². The van der Waals surface area contributed by atoms with Crippen molar-refractivity contribution in [1.82, 2.24) is 0 Å². The van der Waals surface area contributed by atoms with Crippen molar-refractivity contribution in [1.29, 1.82) is 0 Å². The minimum absolute atomic E-state index is 0.101. The summed E-state index contributed by atoms with van der Waals surface area (Å²) in [5, 5.41) is 0. The van der Waals surface area contributed by atoms with Gasteiger partial charge in [0.25, 0.3) is 0 Å². The number of ether oxygens (including phenoxy) is 1. The molecule has 1 aliphatic rings. The summed E-state index contributed by atoms with van der Waals surface area (Å²) in [7, 11) is 0. The van der Waals surface area contributed by atoms with E-state index in [4.69, 9.17) is 4.74 Å². The van der Waals surface area contributed by atoms with Gasteiger partial charge in [0, 0.05) is 5.56 Å². The molecule has 96 valence electrons. The molecule has 19 heavy (non-hydrogen) atoms. The van der Waals surface area contributed by atoms with Crippen LogP contribution in [0.1, 0.15) is 29.3 Å². The topological polar surface area (TPSA) is 26.3 Å². The van der Waals surface area contributed by atoms with Crippen LogP contribution in [-0.4, -0.2) is 12.4 Å². The van der Waals surface area contributed by atoms with E-state index in [1.165, 1.54) is 5.56 Å². The number of carbonyl (C=O) groups excluding carboxylic acids is 1. The van der Waals surface area contributed by atoms with Crippen LogP contribution in [0.2, 0.25) is 0 Å². The highest BCUT2D eigenvalue weighted by Crippen LogP contribution is 2.31. The van der Waals surface area contributed by atoms with Gasteiger partial charge in [0.2, 0.25) is 0 Å². The second kappa shape index (κ2) is 4.88. The lowest BCUT2D eigenvalue weighted by Crippen LogP contribution is -2.08. The van der Waals surface area contributed by atoms with Gasteiger partial charge in [-0.1, -0.05) is 30.3 Å². The van der Waals surface area contributed by atoms with Crippen LogP contribution >= 0.6 is 0 Å². The molecule has 2 aromatic rings. The van der Waals surface area contributed by atoms with Gasteiger partial charge in [-0.25, -0.2) is 0 Å². The zero-order valence-electron chi connectivity index (χ0n) is 11.0. The number of benzene rings is 2. The smallest absolute Gasteiger partial charge is 0.160 e. The van der Waals surface area contributed by atoms with Gasteiger partial charge < -0.3 is 4.74 Å². The van der Waals surface area contributed by atoms with Crippen LogP contribution in [0, 0.1) is 0 Å². The van der Waals surface area contributed by atoms with Crippen LogP contribution in [-0.2, 0) is 6.42 Å². The van der Waals surface area contributed by atoms with Crippen LogP contribution in [0.25, 0.3) is 11.1 Å².